The predicted octanol–water partition coefficient (Wildman–Crippen LogP) is 4.56. The van der Waals surface area contributed by atoms with Gasteiger partial charge in [-0.05, 0) is 50.7 Å². The van der Waals surface area contributed by atoms with E-state index in [0.29, 0.717) is 24.3 Å². The van der Waals surface area contributed by atoms with Crippen molar-refractivity contribution in [2.75, 3.05) is 0 Å². The third-order valence-corrected chi connectivity index (χ3v) is 5.32. The summed E-state index contributed by atoms with van der Waals surface area (Å²) in [5, 5.41) is 4.61. The number of hydrogen-bond donors (Lipinski definition) is 0. The van der Waals surface area contributed by atoms with Crippen molar-refractivity contribution in [1.82, 2.24) is 14.7 Å². The molecule has 0 saturated heterocycles. The highest BCUT2D eigenvalue weighted by atomic mass is 19.1. The van der Waals surface area contributed by atoms with E-state index in [2.05, 4.69) is 25.9 Å². The summed E-state index contributed by atoms with van der Waals surface area (Å²) in [5.74, 6) is -0.680. The molecule has 1 aromatic heterocycles. The topological polar surface area (TPSA) is 38.1 Å². The molecule has 0 spiro atoms. The van der Waals surface area contributed by atoms with Crippen molar-refractivity contribution in [2.24, 2.45) is 5.92 Å². The van der Waals surface area contributed by atoms with Crippen LogP contribution in [0.5, 0.6) is 0 Å². The maximum Gasteiger partial charge on any atom is 0.223 e. The van der Waals surface area contributed by atoms with Crippen LogP contribution in [0.1, 0.15) is 55.6 Å². The zero-order valence-corrected chi connectivity index (χ0v) is 17.1. The number of nitrogens with zero attached hydrogens (tertiary/aromatic N) is 3. The van der Waals surface area contributed by atoms with Gasteiger partial charge in [0.1, 0.15) is 11.6 Å². The summed E-state index contributed by atoms with van der Waals surface area (Å²) in [6, 6.07) is 3.71. The standard InChI is InChI=1S/C22H29F2N3O/c1-14(2)12-27-16(4)20(15(3)25-27)9-10-22(28)26(19-7-8-19)13-17-5-6-18(23)11-21(17)24/h5-6,11,14,19H,7-10,12-13H2,1-4H3. The van der Waals surface area contributed by atoms with E-state index in [4.69, 9.17) is 0 Å². The Labute approximate surface area is 165 Å². The Kier molecular flexibility index (Phi) is 6.16. The molecule has 0 radical (unpaired) electrons. The molecule has 4 nitrogen and oxygen atoms in total. The highest BCUT2D eigenvalue weighted by Gasteiger charge is 2.33. The highest BCUT2D eigenvalue weighted by molar-refractivity contribution is 5.77. The Morgan fingerprint density at radius 1 is 1.29 bits per heavy atom. The summed E-state index contributed by atoms with van der Waals surface area (Å²) >= 11 is 0. The number of hydrogen-bond acceptors (Lipinski definition) is 2. The van der Waals surface area contributed by atoms with E-state index in [1.54, 1.807) is 4.90 Å². The second-order valence-electron chi connectivity index (χ2n) is 8.21. The number of rotatable bonds is 8. The third kappa shape index (κ3) is 4.78. The number of carbonyl (C=O) groups excluding carboxylic acids is 1. The number of aryl methyl sites for hydroxylation is 1. The molecule has 1 saturated carbocycles. The molecule has 152 valence electrons. The van der Waals surface area contributed by atoms with E-state index < -0.39 is 11.6 Å². The fourth-order valence-corrected chi connectivity index (χ4v) is 3.64. The third-order valence-electron chi connectivity index (χ3n) is 5.32. The van der Waals surface area contributed by atoms with E-state index in [9.17, 15) is 13.6 Å². The van der Waals surface area contributed by atoms with Crippen LogP contribution in [0.4, 0.5) is 8.78 Å². The fourth-order valence-electron chi connectivity index (χ4n) is 3.64. The molecule has 6 heteroatoms. The molecular formula is C22H29F2N3O. The Morgan fingerprint density at radius 2 is 2.00 bits per heavy atom. The van der Waals surface area contributed by atoms with Crippen molar-refractivity contribution in [3.05, 3.63) is 52.3 Å². The van der Waals surface area contributed by atoms with Crippen molar-refractivity contribution in [1.29, 1.82) is 0 Å². The van der Waals surface area contributed by atoms with Gasteiger partial charge in [0.25, 0.3) is 0 Å². The summed E-state index contributed by atoms with van der Waals surface area (Å²) in [4.78, 5) is 14.6. The van der Waals surface area contributed by atoms with Gasteiger partial charge >= 0.3 is 0 Å². The van der Waals surface area contributed by atoms with E-state index in [0.717, 1.165) is 42.4 Å². The second kappa shape index (κ2) is 8.41. The van der Waals surface area contributed by atoms with Crippen molar-refractivity contribution >= 4 is 5.91 Å². The minimum Gasteiger partial charge on any atom is -0.335 e. The first-order valence-corrected chi connectivity index (χ1v) is 10.0. The summed E-state index contributed by atoms with van der Waals surface area (Å²) in [7, 11) is 0. The first kappa shape index (κ1) is 20.5. The SMILES string of the molecule is Cc1nn(CC(C)C)c(C)c1CCC(=O)N(Cc1ccc(F)cc1F)C1CC1. The van der Waals surface area contributed by atoms with E-state index in [-0.39, 0.29) is 18.5 Å². The van der Waals surface area contributed by atoms with Crippen LogP contribution >= 0.6 is 0 Å². The molecule has 0 N–H and O–H groups in total. The first-order chi connectivity index (χ1) is 13.3. The van der Waals surface area contributed by atoms with E-state index >= 15 is 0 Å². The molecule has 0 unspecified atom stereocenters. The van der Waals surface area contributed by atoms with Gasteiger partial charge in [-0.3, -0.25) is 9.48 Å². The van der Waals surface area contributed by atoms with Gasteiger partial charge in [0.05, 0.1) is 5.69 Å². The Morgan fingerprint density at radius 3 is 2.61 bits per heavy atom. The molecule has 1 aliphatic rings. The van der Waals surface area contributed by atoms with Gasteiger partial charge in [0.2, 0.25) is 5.91 Å². The Balaban J connectivity index is 1.68. The van der Waals surface area contributed by atoms with Gasteiger partial charge in [0, 0.05) is 42.9 Å². The molecule has 1 heterocycles. The molecule has 1 fully saturated rings. The van der Waals surface area contributed by atoms with Crippen molar-refractivity contribution in [3.63, 3.8) is 0 Å². The average Bonchev–Trinajstić information content (AvgIpc) is 3.40. The monoisotopic (exact) mass is 389 g/mol. The summed E-state index contributed by atoms with van der Waals surface area (Å²) in [6.45, 7) is 9.40. The zero-order valence-electron chi connectivity index (χ0n) is 17.1. The van der Waals surface area contributed by atoms with Gasteiger partial charge in [0.15, 0.2) is 0 Å². The lowest BCUT2D eigenvalue weighted by Crippen LogP contribution is -2.33. The molecule has 0 aliphatic heterocycles. The normalized spacial score (nSPS) is 14.0. The summed E-state index contributed by atoms with van der Waals surface area (Å²) < 4.78 is 29.2. The van der Waals surface area contributed by atoms with Crippen LogP contribution in [0.3, 0.4) is 0 Å². The van der Waals surface area contributed by atoms with Crippen LogP contribution in [0.2, 0.25) is 0 Å². The van der Waals surface area contributed by atoms with Crippen LogP contribution < -0.4 is 0 Å². The lowest BCUT2D eigenvalue weighted by atomic mass is 10.1. The number of halogens is 2. The minimum absolute atomic E-state index is 0.0154. The average molecular weight is 389 g/mol. The summed E-state index contributed by atoms with van der Waals surface area (Å²) in [5.41, 5.74) is 3.56. The Bertz CT molecular complexity index is 856. The predicted molar refractivity (Wildman–Crippen MR) is 105 cm³/mol. The minimum atomic E-state index is -0.602. The maximum atomic E-state index is 14.0. The number of amides is 1. The van der Waals surface area contributed by atoms with E-state index in [1.165, 1.54) is 12.1 Å². The Hall–Kier alpha value is -2.24. The van der Waals surface area contributed by atoms with E-state index in [1.807, 2.05) is 11.6 Å². The zero-order chi connectivity index (χ0) is 20.4. The molecule has 1 aliphatic carbocycles. The molecule has 28 heavy (non-hydrogen) atoms. The van der Waals surface area contributed by atoms with Crippen LogP contribution in [-0.2, 0) is 24.3 Å². The number of benzene rings is 1. The van der Waals surface area contributed by atoms with Gasteiger partial charge in [-0.2, -0.15) is 5.10 Å². The molecule has 2 aromatic rings. The van der Waals surface area contributed by atoms with Gasteiger partial charge in [-0.25, -0.2) is 8.78 Å². The van der Waals surface area contributed by atoms with Gasteiger partial charge < -0.3 is 4.90 Å². The van der Waals surface area contributed by atoms with Crippen molar-refractivity contribution < 1.29 is 13.6 Å². The molecule has 1 aromatic carbocycles. The molecule has 0 atom stereocenters. The smallest absolute Gasteiger partial charge is 0.223 e. The lowest BCUT2D eigenvalue weighted by Gasteiger charge is -2.23. The summed E-state index contributed by atoms with van der Waals surface area (Å²) in [6.07, 6.45) is 2.88. The van der Waals surface area contributed by atoms with Gasteiger partial charge in [-0.15, -0.1) is 0 Å². The maximum absolute atomic E-state index is 14.0. The number of carbonyl (C=O) groups is 1. The second-order valence-corrected chi connectivity index (χ2v) is 8.21. The van der Waals surface area contributed by atoms with Crippen LogP contribution in [0.25, 0.3) is 0 Å². The first-order valence-electron chi connectivity index (χ1n) is 10.0. The van der Waals surface area contributed by atoms with Crippen LogP contribution in [0, 0.1) is 31.4 Å². The van der Waals surface area contributed by atoms with Crippen LogP contribution in [0.15, 0.2) is 18.2 Å². The van der Waals surface area contributed by atoms with Crippen molar-refractivity contribution in [2.45, 2.75) is 72.5 Å². The quantitative estimate of drug-likeness (QED) is 0.664. The fraction of sp³-hybridized carbons (Fsp3) is 0.545. The largest absolute Gasteiger partial charge is 0.335 e. The number of aromatic nitrogens is 2. The molecule has 0 bridgehead atoms. The molecule has 3 rings (SSSR count). The van der Waals surface area contributed by atoms with Crippen molar-refractivity contribution in [3.8, 4) is 0 Å². The molecular weight excluding hydrogens is 360 g/mol. The van der Waals surface area contributed by atoms with Crippen LogP contribution in [-0.4, -0.2) is 26.6 Å². The lowest BCUT2D eigenvalue weighted by molar-refractivity contribution is -0.132. The van der Waals surface area contributed by atoms with Gasteiger partial charge in [-0.1, -0.05) is 19.9 Å². The molecule has 1 amide bonds. The highest BCUT2D eigenvalue weighted by Crippen LogP contribution is 2.30.